The van der Waals surface area contributed by atoms with Gasteiger partial charge in [0.1, 0.15) is 0 Å². The Morgan fingerprint density at radius 2 is 2.08 bits per heavy atom. The number of nitrogens with one attached hydrogen (secondary N) is 3. The van der Waals surface area contributed by atoms with E-state index in [-0.39, 0.29) is 24.2 Å². The van der Waals surface area contributed by atoms with Crippen molar-refractivity contribution in [2.75, 3.05) is 20.6 Å². The van der Waals surface area contributed by atoms with Gasteiger partial charge in [-0.2, -0.15) is 11.3 Å². The zero-order valence-electron chi connectivity index (χ0n) is 14.5. The highest BCUT2D eigenvalue weighted by atomic mass is 32.1. The highest BCUT2D eigenvalue weighted by molar-refractivity contribution is 7.07. The first-order valence-electron chi connectivity index (χ1n) is 7.78. The second kappa shape index (κ2) is 8.12. The lowest BCUT2D eigenvalue weighted by Crippen LogP contribution is -2.40. The van der Waals surface area contributed by atoms with Crippen LogP contribution in [-0.4, -0.2) is 36.6 Å². The number of nitrogens with zero attached hydrogens (tertiary/aromatic N) is 1. The molecule has 6 nitrogen and oxygen atoms in total. The second-order valence-electron chi connectivity index (χ2n) is 6.04. The number of carbonyl (C=O) groups excluding carboxylic acids is 1. The van der Waals surface area contributed by atoms with Crippen molar-refractivity contribution in [3.63, 3.8) is 0 Å². The summed E-state index contributed by atoms with van der Waals surface area (Å²) in [6.07, 6.45) is 0. The summed E-state index contributed by atoms with van der Waals surface area (Å²) in [6, 6.07) is 3.79. The molecule has 0 aliphatic heterocycles. The van der Waals surface area contributed by atoms with Crippen LogP contribution in [0, 0.1) is 13.8 Å². The van der Waals surface area contributed by atoms with Gasteiger partial charge in [-0.3, -0.25) is 4.79 Å². The minimum atomic E-state index is -0.281. The molecule has 0 bridgehead atoms. The Labute approximate surface area is 145 Å². The second-order valence-corrected chi connectivity index (χ2v) is 6.82. The number of thiophene rings is 1. The molecule has 24 heavy (non-hydrogen) atoms. The molecule has 2 rings (SSSR count). The molecule has 0 saturated heterocycles. The summed E-state index contributed by atoms with van der Waals surface area (Å²) in [5.74, 6) is 0. The zero-order valence-corrected chi connectivity index (χ0v) is 15.3. The van der Waals surface area contributed by atoms with Crippen LogP contribution in [-0.2, 0) is 6.54 Å². The van der Waals surface area contributed by atoms with Gasteiger partial charge < -0.3 is 20.5 Å². The van der Waals surface area contributed by atoms with Crippen LogP contribution in [0.3, 0.4) is 0 Å². The summed E-state index contributed by atoms with van der Waals surface area (Å²) in [5.41, 5.74) is 3.29. The van der Waals surface area contributed by atoms with Gasteiger partial charge in [0.15, 0.2) is 0 Å². The quantitative estimate of drug-likeness (QED) is 0.749. The van der Waals surface area contributed by atoms with Gasteiger partial charge in [0, 0.05) is 17.8 Å². The Morgan fingerprint density at radius 1 is 1.33 bits per heavy atom. The minimum Gasteiger partial charge on any atom is -0.336 e. The minimum absolute atomic E-state index is 0.117. The summed E-state index contributed by atoms with van der Waals surface area (Å²) >= 11 is 1.64. The number of aryl methyl sites for hydroxylation is 2. The lowest BCUT2D eigenvalue weighted by Gasteiger charge is -2.24. The topological polar surface area (TPSA) is 77.2 Å². The third-order valence-electron chi connectivity index (χ3n) is 3.93. The number of carbonyl (C=O) groups is 1. The van der Waals surface area contributed by atoms with E-state index in [9.17, 15) is 9.59 Å². The van der Waals surface area contributed by atoms with Crippen molar-refractivity contribution in [2.45, 2.75) is 26.4 Å². The maximum absolute atomic E-state index is 12.1. The van der Waals surface area contributed by atoms with Crippen LogP contribution in [0.15, 0.2) is 27.7 Å². The van der Waals surface area contributed by atoms with Gasteiger partial charge in [-0.05, 0) is 62.0 Å². The van der Waals surface area contributed by atoms with E-state index in [0.29, 0.717) is 12.1 Å². The molecule has 2 aromatic heterocycles. The van der Waals surface area contributed by atoms with Crippen molar-refractivity contribution in [1.82, 2.24) is 20.5 Å². The number of hydrogen-bond donors (Lipinski definition) is 3. The molecule has 0 aromatic carbocycles. The normalized spacial score (nSPS) is 12.2. The average molecular weight is 348 g/mol. The number of urea groups is 1. The SMILES string of the molecule is Cc1cc(C)c(CNC(=O)NCC(c2ccsc2)N(C)C)c(=O)[nH]1. The van der Waals surface area contributed by atoms with Gasteiger partial charge in [0.05, 0.1) is 12.6 Å². The summed E-state index contributed by atoms with van der Waals surface area (Å²) in [6.45, 7) is 4.41. The number of pyridine rings is 1. The van der Waals surface area contributed by atoms with Crippen LogP contribution in [0.25, 0.3) is 0 Å². The molecule has 0 saturated carbocycles. The summed E-state index contributed by atoms with van der Waals surface area (Å²) in [4.78, 5) is 28.8. The predicted molar refractivity (Wildman–Crippen MR) is 97.5 cm³/mol. The van der Waals surface area contributed by atoms with Crippen molar-refractivity contribution in [3.8, 4) is 0 Å². The fourth-order valence-corrected chi connectivity index (χ4v) is 3.29. The highest BCUT2D eigenvalue weighted by Crippen LogP contribution is 2.19. The molecule has 7 heteroatoms. The van der Waals surface area contributed by atoms with E-state index in [1.165, 1.54) is 5.56 Å². The third kappa shape index (κ3) is 4.69. The maximum Gasteiger partial charge on any atom is 0.315 e. The largest absolute Gasteiger partial charge is 0.336 e. The van der Waals surface area contributed by atoms with E-state index in [1.807, 2.05) is 39.4 Å². The van der Waals surface area contributed by atoms with Crippen molar-refractivity contribution in [3.05, 3.63) is 55.6 Å². The molecule has 0 fully saturated rings. The smallest absolute Gasteiger partial charge is 0.315 e. The fraction of sp³-hybridized carbons (Fsp3) is 0.412. The molecular weight excluding hydrogens is 324 g/mol. The number of rotatable bonds is 6. The standard InChI is InChI=1S/C17H24N4O2S/c1-11-7-12(2)20-16(22)14(11)8-18-17(23)19-9-15(21(3)4)13-5-6-24-10-13/h5-7,10,15H,8-9H2,1-4H3,(H,20,22)(H2,18,19,23). The molecule has 0 radical (unpaired) electrons. The summed E-state index contributed by atoms with van der Waals surface area (Å²) < 4.78 is 0. The van der Waals surface area contributed by atoms with Crippen molar-refractivity contribution >= 4 is 17.4 Å². The number of aromatic amines is 1. The van der Waals surface area contributed by atoms with Gasteiger partial charge in [0.2, 0.25) is 0 Å². The molecule has 1 atom stereocenters. The lowest BCUT2D eigenvalue weighted by molar-refractivity contribution is 0.232. The third-order valence-corrected chi connectivity index (χ3v) is 4.63. The summed E-state index contributed by atoms with van der Waals surface area (Å²) in [7, 11) is 3.97. The van der Waals surface area contributed by atoms with Crippen LogP contribution in [0.2, 0.25) is 0 Å². The van der Waals surface area contributed by atoms with Crippen LogP contribution in [0.1, 0.15) is 28.4 Å². The number of hydrogen-bond acceptors (Lipinski definition) is 4. The Balaban J connectivity index is 1.91. The van der Waals surface area contributed by atoms with E-state index < -0.39 is 0 Å². The molecule has 2 amide bonds. The van der Waals surface area contributed by atoms with Crippen molar-refractivity contribution in [1.29, 1.82) is 0 Å². The summed E-state index contributed by atoms with van der Waals surface area (Å²) in [5, 5.41) is 9.74. The Morgan fingerprint density at radius 3 is 2.67 bits per heavy atom. The van der Waals surface area contributed by atoms with Crippen LogP contribution < -0.4 is 16.2 Å². The van der Waals surface area contributed by atoms with Crippen molar-refractivity contribution in [2.24, 2.45) is 0 Å². The lowest BCUT2D eigenvalue weighted by atomic mass is 10.1. The maximum atomic E-state index is 12.1. The van der Waals surface area contributed by atoms with Gasteiger partial charge in [-0.1, -0.05) is 0 Å². The van der Waals surface area contributed by atoms with Gasteiger partial charge in [0.25, 0.3) is 5.56 Å². The Kier molecular flexibility index (Phi) is 6.16. The molecule has 1 unspecified atom stereocenters. The first-order chi connectivity index (χ1) is 11.4. The Bertz CT molecular complexity index is 738. The molecule has 0 aliphatic carbocycles. The molecule has 2 heterocycles. The van der Waals surface area contributed by atoms with Crippen molar-refractivity contribution < 1.29 is 4.79 Å². The van der Waals surface area contributed by atoms with Gasteiger partial charge >= 0.3 is 6.03 Å². The molecular formula is C17H24N4O2S. The highest BCUT2D eigenvalue weighted by Gasteiger charge is 2.15. The van der Waals surface area contributed by atoms with Crippen LogP contribution in [0.5, 0.6) is 0 Å². The van der Waals surface area contributed by atoms with Crippen LogP contribution >= 0.6 is 11.3 Å². The van der Waals surface area contributed by atoms with E-state index in [0.717, 1.165) is 11.3 Å². The fourth-order valence-electron chi connectivity index (χ4n) is 2.58. The number of amides is 2. The monoisotopic (exact) mass is 348 g/mol. The molecule has 3 N–H and O–H groups in total. The first-order valence-corrected chi connectivity index (χ1v) is 8.72. The van der Waals surface area contributed by atoms with E-state index >= 15 is 0 Å². The Hall–Kier alpha value is -2.12. The molecule has 0 aliphatic rings. The zero-order chi connectivity index (χ0) is 17.7. The van der Waals surface area contributed by atoms with E-state index in [2.05, 4.69) is 32.0 Å². The van der Waals surface area contributed by atoms with Gasteiger partial charge in [-0.25, -0.2) is 4.79 Å². The molecule has 0 spiro atoms. The average Bonchev–Trinajstić information content (AvgIpc) is 3.00. The molecule has 130 valence electrons. The number of aromatic nitrogens is 1. The first kappa shape index (κ1) is 18.2. The predicted octanol–water partition coefficient (Wildman–Crippen LogP) is 2.16. The number of H-pyrrole nitrogens is 1. The van der Waals surface area contributed by atoms with Crippen LogP contribution in [0.4, 0.5) is 4.79 Å². The van der Waals surface area contributed by atoms with E-state index in [4.69, 9.17) is 0 Å². The van der Waals surface area contributed by atoms with E-state index in [1.54, 1.807) is 11.3 Å². The number of likely N-dealkylation sites (N-methyl/N-ethyl adjacent to an activating group) is 1. The molecule has 2 aromatic rings. The van der Waals surface area contributed by atoms with Gasteiger partial charge in [-0.15, -0.1) is 0 Å².